The largest absolute Gasteiger partial charge is 0.390 e. The molecule has 1 aliphatic heterocycles. The van der Waals surface area contributed by atoms with Gasteiger partial charge < -0.3 is 21.1 Å². The van der Waals surface area contributed by atoms with Gasteiger partial charge in [-0.05, 0) is 68.2 Å². The molecule has 0 radical (unpaired) electrons. The predicted molar refractivity (Wildman–Crippen MR) is 174 cm³/mol. The lowest BCUT2D eigenvalue weighted by molar-refractivity contribution is 0.0783. The van der Waals surface area contributed by atoms with Crippen LogP contribution >= 0.6 is 23.2 Å². The number of nitrogens with zero attached hydrogens (tertiary/aromatic N) is 1. The fourth-order valence-corrected chi connectivity index (χ4v) is 7.65. The van der Waals surface area contributed by atoms with E-state index in [9.17, 15) is 19.0 Å². The van der Waals surface area contributed by atoms with Gasteiger partial charge in [-0.15, -0.1) is 23.2 Å². The van der Waals surface area contributed by atoms with E-state index in [0.29, 0.717) is 49.1 Å². The highest BCUT2D eigenvalue weighted by atomic mass is 35.5. The van der Waals surface area contributed by atoms with Crippen molar-refractivity contribution < 1.29 is 19.0 Å². The van der Waals surface area contributed by atoms with E-state index in [-0.39, 0.29) is 23.7 Å². The molecular formula is C31H49ClN4O4S. The minimum atomic E-state index is -2.93. The van der Waals surface area contributed by atoms with E-state index in [1.165, 1.54) is 12.8 Å². The van der Waals surface area contributed by atoms with Crippen LogP contribution in [0.1, 0.15) is 75.2 Å². The van der Waals surface area contributed by atoms with E-state index in [1.807, 2.05) is 43.3 Å². The Morgan fingerprint density at radius 3 is 2.54 bits per heavy atom. The molecule has 230 valence electrons. The SMILES string of the molecule is CCNc1cc(C(=O)N[C@@H](Cc2ccccc2)[C@@H](O)CNC2CCCCC2(C)C)cc(N2CCCCS2(O)O)c1.Cl. The van der Waals surface area contributed by atoms with Crippen molar-refractivity contribution in [1.29, 1.82) is 0 Å². The smallest absolute Gasteiger partial charge is 0.251 e. The molecule has 0 bridgehead atoms. The van der Waals surface area contributed by atoms with Crippen LogP contribution in [0, 0.1) is 5.41 Å². The Labute approximate surface area is 253 Å². The number of benzene rings is 2. The molecule has 10 heteroatoms. The standard InChI is InChI=1S/C31H48N4O4S.ClH/c1-4-32-25-19-24(20-26(21-25)35-16-10-11-17-40(35,38)39)30(37)34-27(18-23-12-6-5-7-13-23)28(36)22-33-29-14-8-9-15-31(29,2)3;/h5-7,12-13,19-21,27-29,32-33,36,38-39H,4,8-11,14-18,22H2,1-3H3,(H,34,37);1H/t27-,28-,29?;/m0./s1. The lowest BCUT2D eigenvalue weighted by Gasteiger charge is -2.47. The quantitative estimate of drug-likeness (QED) is 0.183. The van der Waals surface area contributed by atoms with E-state index >= 15 is 0 Å². The molecule has 8 nitrogen and oxygen atoms in total. The molecular weight excluding hydrogens is 560 g/mol. The summed E-state index contributed by atoms with van der Waals surface area (Å²) in [5.74, 6) is 0.0308. The van der Waals surface area contributed by atoms with Gasteiger partial charge in [0.25, 0.3) is 5.91 Å². The van der Waals surface area contributed by atoms with Crippen molar-refractivity contribution in [2.24, 2.45) is 5.41 Å². The fraction of sp³-hybridized carbons (Fsp3) is 0.581. The van der Waals surface area contributed by atoms with Crippen molar-refractivity contribution in [3.8, 4) is 0 Å². The number of carbonyl (C=O) groups excluding carboxylic acids is 1. The van der Waals surface area contributed by atoms with Crippen molar-refractivity contribution >= 4 is 40.5 Å². The number of hydrogen-bond acceptors (Lipinski definition) is 7. The number of nitrogens with one attached hydrogen (secondary N) is 3. The van der Waals surface area contributed by atoms with Crippen LogP contribution in [0.3, 0.4) is 0 Å². The van der Waals surface area contributed by atoms with Gasteiger partial charge in [-0.25, -0.2) is 0 Å². The van der Waals surface area contributed by atoms with Gasteiger partial charge in [0.15, 0.2) is 0 Å². The first-order valence-electron chi connectivity index (χ1n) is 14.8. The second kappa shape index (κ2) is 14.9. The first kappa shape index (κ1) is 33.5. The van der Waals surface area contributed by atoms with E-state index in [1.54, 1.807) is 16.4 Å². The molecule has 1 aliphatic carbocycles. The Balaban J connectivity index is 0.00000462. The van der Waals surface area contributed by atoms with Gasteiger partial charge in [-0.1, -0.05) is 57.0 Å². The van der Waals surface area contributed by atoms with Gasteiger partial charge in [0, 0.05) is 36.9 Å². The average Bonchev–Trinajstić information content (AvgIpc) is 2.92. The molecule has 0 aromatic heterocycles. The summed E-state index contributed by atoms with van der Waals surface area (Å²) in [6.45, 7) is 8.13. The van der Waals surface area contributed by atoms with Crippen LogP contribution in [0.2, 0.25) is 0 Å². The Morgan fingerprint density at radius 1 is 1.10 bits per heavy atom. The normalized spacial score (nSPS) is 22.1. The summed E-state index contributed by atoms with van der Waals surface area (Å²) in [4.78, 5) is 13.7. The second-order valence-electron chi connectivity index (χ2n) is 12.0. The van der Waals surface area contributed by atoms with Gasteiger partial charge in [0.2, 0.25) is 0 Å². The Hall–Kier alpha value is -2.01. The summed E-state index contributed by atoms with van der Waals surface area (Å²) < 4.78 is 23.1. The number of carbonyl (C=O) groups is 1. The zero-order chi connectivity index (χ0) is 28.8. The molecule has 0 spiro atoms. The van der Waals surface area contributed by atoms with Crippen LogP contribution in [0.25, 0.3) is 0 Å². The van der Waals surface area contributed by atoms with Crippen molar-refractivity contribution in [2.75, 3.05) is 35.0 Å². The van der Waals surface area contributed by atoms with Crippen LogP contribution < -0.4 is 20.3 Å². The molecule has 2 aromatic carbocycles. The van der Waals surface area contributed by atoms with Crippen LogP contribution in [-0.2, 0) is 6.42 Å². The van der Waals surface area contributed by atoms with E-state index in [0.717, 1.165) is 36.9 Å². The fourth-order valence-electron chi connectivity index (χ4n) is 5.98. The zero-order valence-electron chi connectivity index (χ0n) is 24.6. The van der Waals surface area contributed by atoms with E-state index in [2.05, 4.69) is 29.8 Å². The van der Waals surface area contributed by atoms with Gasteiger partial charge in [0.05, 0.1) is 23.6 Å². The summed E-state index contributed by atoms with van der Waals surface area (Å²) in [5.41, 5.74) is 2.98. The molecule has 41 heavy (non-hydrogen) atoms. The molecule has 1 heterocycles. The number of hydrogen-bond donors (Lipinski definition) is 6. The maximum Gasteiger partial charge on any atom is 0.251 e. The Kier molecular flexibility index (Phi) is 12.2. The summed E-state index contributed by atoms with van der Waals surface area (Å²) in [6, 6.07) is 15.1. The molecule has 1 unspecified atom stereocenters. The third-order valence-electron chi connectivity index (χ3n) is 8.39. The molecule has 1 amide bonds. The van der Waals surface area contributed by atoms with E-state index < -0.39 is 22.9 Å². The van der Waals surface area contributed by atoms with Crippen molar-refractivity contribution in [3.63, 3.8) is 0 Å². The minimum Gasteiger partial charge on any atom is -0.390 e. The number of rotatable bonds is 11. The molecule has 6 N–H and O–H groups in total. The molecule has 2 aromatic rings. The molecule has 1 saturated carbocycles. The molecule has 4 rings (SSSR count). The predicted octanol–water partition coefficient (Wildman–Crippen LogP) is 6.07. The lowest BCUT2D eigenvalue weighted by atomic mass is 9.73. The number of amides is 1. The molecule has 2 fully saturated rings. The lowest BCUT2D eigenvalue weighted by Crippen LogP contribution is -2.52. The summed E-state index contributed by atoms with van der Waals surface area (Å²) >= 11 is 0. The van der Waals surface area contributed by atoms with Crippen molar-refractivity contribution in [2.45, 2.75) is 83.9 Å². The average molecular weight is 609 g/mol. The van der Waals surface area contributed by atoms with Crippen LogP contribution in [0.15, 0.2) is 48.5 Å². The maximum absolute atomic E-state index is 13.7. The van der Waals surface area contributed by atoms with Crippen molar-refractivity contribution in [1.82, 2.24) is 10.6 Å². The third-order valence-corrected chi connectivity index (χ3v) is 10.3. The molecule has 3 atom stereocenters. The number of halogens is 1. The van der Waals surface area contributed by atoms with Crippen LogP contribution in [-0.4, -0.2) is 63.7 Å². The van der Waals surface area contributed by atoms with Gasteiger partial charge in [-0.2, -0.15) is 0 Å². The van der Waals surface area contributed by atoms with Crippen LogP contribution in [0.4, 0.5) is 11.4 Å². The van der Waals surface area contributed by atoms with Gasteiger partial charge >= 0.3 is 0 Å². The summed E-state index contributed by atoms with van der Waals surface area (Å²) in [7, 11) is -2.93. The molecule has 1 saturated heterocycles. The zero-order valence-corrected chi connectivity index (χ0v) is 26.3. The summed E-state index contributed by atoms with van der Waals surface area (Å²) in [6.07, 6.45) is 6.02. The Bertz CT molecular complexity index is 1120. The van der Waals surface area contributed by atoms with Gasteiger partial charge in [-0.3, -0.25) is 18.2 Å². The highest BCUT2D eigenvalue weighted by Crippen LogP contribution is 2.50. The highest BCUT2D eigenvalue weighted by Gasteiger charge is 2.33. The summed E-state index contributed by atoms with van der Waals surface area (Å²) in [5, 5.41) is 21.4. The first-order valence-corrected chi connectivity index (χ1v) is 16.4. The topological polar surface area (TPSA) is 117 Å². The first-order chi connectivity index (χ1) is 19.1. The van der Waals surface area contributed by atoms with Crippen molar-refractivity contribution in [3.05, 3.63) is 59.7 Å². The number of aliphatic hydroxyl groups is 1. The Morgan fingerprint density at radius 2 is 1.85 bits per heavy atom. The maximum atomic E-state index is 13.7. The number of anilines is 2. The van der Waals surface area contributed by atoms with Gasteiger partial charge in [0.1, 0.15) is 0 Å². The van der Waals surface area contributed by atoms with E-state index in [4.69, 9.17) is 0 Å². The monoisotopic (exact) mass is 608 g/mol. The van der Waals surface area contributed by atoms with Crippen LogP contribution in [0.5, 0.6) is 0 Å². The third kappa shape index (κ3) is 8.99. The second-order valence-corrected chi connectivity index (χ2v) is 14.1. The molecule has 2 aliphatic rings. The minimum absolute atomic E-state index is 0. The number of aliphatic hydroxyl groups excluding tert-OH is 1. The highest BCUT2D eigenvalue weighted by molar-refractivity contribution is 8.25.